The number of nitro groups is 1. The fraction of sp³-hybridized carbons (Fsp3) is 0.538. The molecule has 21 heavy (non-hydrogen) atoms. The van der Waals surface area contributed by atoms with Gasteiger partial charge in [0.25, 0.3) is 11.6 Å². The Kier molecular flexibility index (Phi) is 5.00. The van der Waals surface area contributed by atoms with Crippen molar-refractivity contribution in [3.05, 3.63) is 27.9 Å². The number of rotatable bonds is 5. The highest BCUT2D eigenvalue weighted by molar-refractivity contribution is 7.99. The van der Waals surface area contributed by atoms with Crippen molar-refractivity contribution < 1.29 is 9.72 Å². The minimum Gasteiger partial charge on any atom is -0.373 e. The van der Waals surface area contributed by atoms with Crippen molar-refractivity contribution in [1.82, 2.24) is 10.3 Å². The van der Waals surface area contributed by atoms with Crippen LogP contribution in [-0.4, -0.2) is 40.4 Å². The smallest absolute Gasteiger partial charge is 0.300 e. The molecule has 1 aromatic rings. The Hall–Kier alpha value is -1.83. The predicted molar refractivity (Wildman–Crippen MR) is 82.8 cm³/mol. The molecule has 0 spiro atoms. The van der Waals surface area contributed by atoms with Gasteiger partial charge >= 0.3 is 0 Å². The molecule has 2 rings (SSSR count). The van der Waals surface area contributed by atoms with Crippen molar-refractivity contribution in [3.8, 4) is 0 Å². The summed E-state index contributed by atoms with van der Waals surface area (Å²) in [6.07, 6.45) is 6.05. The van der Waals surface area contributed by atoms with E-state index in [1.54, 1.807) is 18.8 Å². The second-order valence-electron chi connectivity index (χ2n) is 4.93. The summed E-state index contributed by atoms with van der Waals surface area (Å²) >= 11 is 1.79. The van der Waals surface area contributed by atoms with Gasteiger partial charge in [-0.1, -0.05) is 0 Å². The Labute approximate surface area is 127 Å². The average molecular weight is 310 g/mol. The standard InChI is InChI=1S/C13H18N4O3S/c1-14-12-6-10(11(7-15-12)17(19)20)13(18)16-8-3-4-9(5-8)21-2/h6-9H,3-5H2,1-2H3,(H,14,15)(H,16,18). The van der Waals surface area contributed by atoms with Gasteiger partial charge in [-0.05, 0) is 25.5 Å². The summed E-state index contributed by atoms with van der Waals surface area (Å²) in [6.45, 7) is 0. The Morgan fingerprint density at radius 1 is 1.52 bits per heavy atom. The van der Waals surface area contributed by atoms with E-state index in [0.29, 0.717) is 11.1 Å². The molecule has 1 aromatic heterocycles. The second-order valence-corrected chi connectivity index (χ2v) is 6.07. The van der Waals surface area contributed by atoms with Crippen LogP contribution in [0, 0.1) is 10.1 Å². The SMILES string of the molecule is CNc1cc(C(=O)NC2CCC(SC)C2)c([N+](=O)[O-])cn1. The third-order valence-electron chi connectivity index (χ3n) is 3.63. The number of carbonyl (C=O) groups excluding carboxylic acids is 1. The molecule has 1 heterocycles. The van der Waals surface area contributed by atoms with Gasteiger partial charge in [0.05, 0.1) is 4.92 Å². The van der Waals surface area contributed by atoms with Crippen LogP contribution in [0.25, 0.3) is 0 Å². The molecule has 0 bridgehead atoms. The first-order chi connectivity index (χ1) is 10.0. The van der Waals surface area contributed by atoms with Crippen molar-refractivity contribution in [1.29, 1.82) is 0 Å². The van der Waals surface area contributed by atoms with E-state index in [0.717, 1.165) is 25.5 Å². The first-order valence-corrected chi connectivity index (χ1v) is 7.99. The molecule has 1 saturated carbocycles. The van der Waals surface area contributed by atoms with Crippen LogP contribution in [0.5, 0.6) is 0 Å². The third-order valence-corrected chi connectivity index (χ3v) is 4.73. The first-order valence-electron chi connectivity index (χ1n) is 6.71. The summed E-state index contributed by atoms with van der Waals surface area (Å²) in [4.78, 5) is 26.6. The lowest BCUT2D eigenvalue weighted by atomic mass is 10.1. The molecule has 1 aliphatic carbocycles. The molecular formula is C13H18N4O3S. The maximum atomic E-state index is 12.3. The van der Waals surface area contributed by atoms with Crippen LogP contribution in [0.3, 0.4) is 0 Å². The van der Waals surface area contributed by atoms with Crippen LogP contribution in [-0.2, 0) is 0 Å². The largest absolute Gasteiger partial charge is 0.373 e. The van der Waals surface area contributed by atoms with Crippen LogP contribution in [0.15, 0.2) is 12.3 Å². The van der Waals surface area contributed by atoms with Crippen LogP contribution >= 0.6 is 11.8 Å². The number of carbonyl (C=O) groups is 1. The van der Waals surface area contributed by atoms with Gasteiger partial charge in [-0.3, -0.25) is 14.9 Å². The quantitative estimate of drug-likeness (QED) is 0.638. The van der Waals surface area contributed by atoms with E-state index in [4.69, 9.17) is 0 Å². The molecule has 2 unspecified atom stereocenters. The molecule has 0 aliphatic heterocycles. The minimum atomic E-state index is -0.583. The number of pyridine rings is 1. The van der Waals surface area contributed by atoms with Gasteiger partial charge in [-0.25, -0.2) is 4.98 Å². The van der Waals surface area contributed by atoms with Crippen molar-refractivity contribution in [2.45, 2.75) is 30.6 Å². The highest BCUT2D eigenvalue weighted by Gasteiger charge is 2.28. The zero-order chi connectivity index (χ0) is 15.4. The van der Waals surface area contributed by atoms with Crippen molar-refractivity contribution in [3.63, 3.8) is 0 Å². The average Bonchev–Trinajstić information content (AvgIpc) is 2.94. The fourth-order valence-electron chi connectivity index (χ4n) is 2.46. The highest BCUT2D eigenvalue weighted by atomic mass is 32.2. The molecule has 114 valence electrons. The van der Waals surface area contributed by atoms with Gasteiger partial charge in [-0.2, -0.15) is 11.8 Å². The number of amides is 1. The number of nitrogens with zero attached hydrogens (tertiary/aromatic N) is 2. The van der Waals surface area contributed by atoms with E-state index in [9.17, 15) is 14.9 Å². The number of hydrogen-bond acceptors (Lipinski definition) is 6. The number of nitrogens with one attached hydrogen (secondary N) is 2. The number of anilines is 1. The van der Waals surface area contributed by atoms with Crippen molar-refractivity contribution in [2.75, 3.05) is 18.6 Å². The maximum absolute atomic E-state index is 12.3. The third kappa shape index (κ3) is 3.63. The predicted octanol–water partition coefficient (Wildman–Crippen LogP) is 2.05. The van der Waals surface area contributed by atoms with E-state index in [1.165, 1.54) is 6.07 Å². The summed E-state index contributed by atoms with van der Waals surface area (Å²) in [6, 6.07) is 1.50. The second kappa shape index (κ2) is 6.75. The molecule has 1 fully saturated rings. The Morgan fingerprint density at radius 3 is 2.86 bits per heavy atom. The molecule has 0 saturated heterocycles. The van der Waals surface area contributed by atoms with Gasteiger partial charge in [0.15, 0.2) is 0 Å². The lowest BCUT2D eigenvalue weighted by Gasteiger charge is -2.13. The normalized spacial score (nSPS) is 21.0. The number of aromatic nitrogens is 1. The molecule has 2 atom stereocenters. The lowest BCUT2D eigenvalue weighted by molar-refractivity contribution is -0.385. The molecule has 1 aliphatic rings. The van der Waals surface area contributed by atoms with E-state index in [-0.39, 0.29) is 17.3 Å². The highest BCUT2D eigenvalue weighted by Crippen LogP contribution is 2.29. The molecule has 2 N–H and O–H groups in total. The number of hydrogen-bond donors (Lipinski definition) is 2. The van der Waals surface area contributed by atoms with E-state index in [2.05, 4.69) is 21.9 Å². The summed E-state index contributed by atoms with van der Waals surface area (Å²) in [5, 5.41) is 17.2. The molecule has 7 nitrogen and oxygen atoms in total. The summed E-state index contributed by atoms with van der Waals surface area (Å²) in [5.41, 5.74) is -0.224. The summed E-state index contributed by atoms with van der Waals surface area (Å²) in [5.74, 6) is 0.0199. The Morgan fingerprint density at radius 2 is 2.29 bits per heavy atom. The van der Waals surface area contributed by atoms with E-state index < -0.39 is 10.8 Å². The Bertz CT molecular complexity index is 552. The van der Waals surface area contributed by atoms with Gasteiger partial charge < -0.3 is 10.6 Å². The van der Waals surface area contributed by atoms with Gasteiger partial charge in [-0.15, -0.1) is 0 Å². The minimum absolute atomic E-state index is 0.0481. The molecular weight excluding hydrogens is 292 g/mol. The van der Waals surface area contributed by atoms with Gasteiger partial charge in [0, 0.05) is 24.4 Å². The fourth-order valence-corrected chi connectivity index (χ4v) is 3.26. The van der Waals surface area contributed by atoms with Crippen LogP contribution in [0.1, 0.15) is 29.6 Å². The maximum Gasteiger partial charge on any atom is 0.300 e. The summed E-state index contributed by atoms with van der Waals surface area (Å²) in [7, 11) is 1.65. The van der Waals surface area contributed by atoms with Crippen LogP contribution in [0.4, 0.5) is 11.5 Å². The van der Waals surface area contributed by atoms with Gasteiger partial charge in [0.2, 0.25) is 0 Å². The lowest BCUT2D eigenvalue weighted by Crippen LogP contribution is -2.33. The van der Waals surface area contributed by atoms with Crippen molar-refractivity contribution in [2.24, 2.45) is 0 Å². The van der Waals surface area contributed by atoms with Crippen LogP contribution < -0.4 is 10.6 Å². The number of thioether (sulfide) groups is 1. The van der Waals surface area contributed by atoms with Crippen molar-refractivity contribution >= 4 is 29.2 Å². The van der Waals surface area contributed by atoms with E-state index in [1.807, 2.05) is 0 Å². The van der Waals surface area contributed by atoms with E-state index >= 15 is 0 Å². The molecule has 0 radical (unpaired) electrons. The monoisotopic (exact) mass is 310 g/mol. The van der Waals surface area contributed by atoms with Crippen LogP contribution in [0.2, 0.25) is 0 Å². The van der Waals surface area contributed by atoms with Gasteiger partial charge in [0.1, 0.15) is 17.6 Å². The zero-order valence-corrected chi connectivity index (χ0v) is 12.8. The topological polar surface area (TPSA) is 97.2 Å². The first kappa shape index (κ1) is 15.6. The zero-order valence-electron chi connectivity index (χ0n) is 12.0. The molecule has 8 heteroatoms. The molecule has 0 aromatic carbocycles. The Balaban J connectivity index is 2.16. The molecule has 1 amide bonds. The summed E-state index contributed by atoms with van der Waals surface area (Å²) < 4.78 is 0.